The number of carbonyl (C=O) groups is 2. The van der Waals surface area contributed by atoms with Gasteiger partial charge < -0.3 is 15.0 Å². The predicted octanol–water partition coefficient (Wildman–Crippen LogP) is 2.95. The second kappa shape index (κ2) is 7.65. The van der Waals surface area contributed by atoms with E-state index in [0.717, 1.165) is 5.39 Å². The number of carbonyl (C=O) groups excluding carboxylic acids is 2. The fraction of sp³-hybridized carbons (Fsp3) is 0.150. The molecule has 3 rings (SSSR count). The molecule has 0 saturated carbocycles. The molecular formula is C20H19N3O3. The van der Waals surface area contributed by atoms with Crippen LogP contribution in [0.5, 0.6) is 5.75 Å². The first-order valence-electron chi connectivity index (χ1n) is 8.11. The number of hydrogen-bond donors (Lipinski definition) is 1. The van der Waals surface area contributed by atoms with Crippen molar-refractivity contribution in [2.24, 2.45) is 0 Å². The summed E-state index contributed by atoms with van der Waals surface area (Å²) in [6.07, 6.45) is 1.65. The van der Waals surface area contributed by atoms with Gasteiger partial charge in [0.25, 0.3) is 5.91 Å². The van der Waals surface area contributed by atoms with Gasteiger partial charge in [-0.2, -0.15) is 0 Å². The largest absolute Gasteiger partial charge is 0.497 e. The second-order valence-corrected chi connectivity index (χ2v) is 5.82. The van der Waals surface area contributed by atoms with Crippen LogP contribution in [0, 0.1) is 0 Å². The van der Waals surface area contributed by atoms with Gasteiger partial charge in [0.15, 0.2) is 0 Å². The quantitative estimate of drug-likeness (QED) is 0.769. The van der Waals surface area contributed by atoms with Crippen LogP contribution in [0.4, 0.5) is 5.69 Å². The van der Waals surface area contributed by atoms with Crippen molar-refractivity contribution >= 4 is 28.4 Å². The van der Waals surface area contributed by atoms with E-state index in [9.17, 15) is 9.59 Å². The fourth-order valence-corrected chi connectivity index (χ4v) is 2.67. The molecule has 0 spiro atoms. The standard InChI is InChI=1S/C20H19N3O3/c1-23(13-18(24)22-15-8-4-9-16(12-15)26-2)20(25)17-10-3-6-14-7-5-11-21-19(14)17/h3-12H,13H2,1-2H3,(H,22,24). The Morgan fingerprint density at radius 1 is 1.12 bits per heavy atom. The molecule has 2 amide bonds. The smallest absolute Gasteiger partial charge is 0.256 e. The number of benzene rings is 2. The molecule has 26 heavy (non-hydrogen) atoms. The van der Waals surface area contributed by atoms with E-state index in [0.29, 0.717) is 22.5 Å². The van der Waals surface area contributed by atoms with Crippen LogP contribution in [0.1, 0.15) is 10.4 Å². The molecule has 6 heteroatoms. The van der Waals surface area contributed by atoms with Crippen LogP contribution >= 0.6 is 0 Å². The number of pyridine rings is 1. The molecule has 132 valence electrons. The minimum absolute atomic E-state index is 0.0702. The summed E-state index contributed by atoms with van der Waals surface area (Å²) in [7, 11) is 3.15. The molecular weight excluding hydrogens is 330 g/mol. The van der Waals surface area contributed by atoms with Crippen molar-refractivity contribution in [3.05, 3.63) is 66.4 Å². The van der Waals surface area contributed by atoms with Crippen molar-refractivity contribution in [3.8, 4) is 5.75 Å². The highest BCUT2D eigenvalue weighted by molar-refractivity contribution is 6.06. The molecule has 1 N–H and O–H groups in total. The molecule has 0 aliphatic carbocycles. The van der Waals surface area contributed by atoms with Gasteiger partial charge in [0, 0.05) is 30.4 Å². The number of hydrogen-bond acceptors (Lipinski definition) is 4. The highest BCUT2D eigenvalue weighted by Gasteiger charge is 2.18. The number of nitrogens with one attached hydrogen (secondary N) is 1. The third kappa shape index (κ3) is 3.80. The van der Waals surface area contributed by atoms with E-state index < -0.39 is 0 Å². The maximum Gasteiger partial charge on any atom is 0.256 e. The van der Waals surface area contributed by atoms with Crippen LogP contribution in [0.3, 0.4) is 0 Å². The summed E-state index contributed by atoms with van der Waals surface area (Å²) < 4.78 is 5.13. The predicted molar refractivity (Wildman–Crippen MR) is 100 cm³/mol. The summed E-state index contributed by atoms with van der Waals surface area (Å²) in [4.78, 5) is 30.7. The van der Waals surface area contributed by atoms with Gasteiger partial charge in [0.2, 0.25) is 5.91 Å². The lowest BCUT2D eigenvalue weighted by Gasteiger charge is -2.17. The van der Waals surface area contributed by atoms with Gasteiger partial charge in [0.1, 0.15) is 5.75 Å². The molecule has 1 heterocycles. The summed E-state index contributed by atoms with van der Waals surface area (Å²) in [6, 6.07) is 16.2. The maximum absolute atomic E-state index is 12.7. The molecule has 0 aliphatic heterocycles. The molecule has 2 aromatic carbocycles. The minimum atomic E-state index is -0.290. The maximum atomic E-state index is 12.7. The zero-order valence-electron chi connectivity index (χ0n) is 14.6. The number of para-hydroxylation sites is 1. The fourth-order valence-electron chi connectivity index (χ4n) is 2.67. The first-order chi connectivity index (χ1) is 12.6. The Kier molecular flexibility index (Phi) is 5.12. The molecule has 3 aromatic rings. The van der Waals surface area contributed by atoms with E-state index in [1.165, 1.54) is 4.90 Å². The minimum Gasteiger partial charge on any atom is -0.497 e. The van der Waals surface area contributed by atoms with E-state index in [-0.39, 0.29) is 18.4 Å². The van der Waals surface area contributed by atoms with Crippen LogP contribution in [-0.2, 0) is 4.79 Å². The van der Waals surface area contributed by atoms with E-state index >= 15 is 0 Å². The Morgan fingerprint density at radius 2 is 1.88 bits per heavy atom. The van der Waals surface area contributed by atoms with Gasteiger partial charge in [-0.05, 0) is 24.3 Å². The van der Waals surface area contributed by atoms with Crippen LogP contribution in [0.15, 0.2) is 60.8 Å². The van der Waals surface area contributed by atoms with Crippen LogP contribution in [0.2, 0.25) is 0 Å². The monoisotopic (exact) mass is 349 g/mol. The van der Waals surface area contributed by atoms with E-state index in [1.54, 1.807) is 56.8 Å². The van der Waals surface area contributed by atoms with Gasteiger partial charge in [-0.1, -0.05) is 24.3 Å². The van der Waals surface area contributed by atoms with Crippen LogP contribution < -0.4 is 10.1 Å². The van der Waals surface area contributed by atoms with Crippen molar-refractivity contribution in [3.63, 3.8) is 0 Å². The Labute approximate surface area is 151 Å². The number of amides is 2. The number of rotatable bonds is 5. The van der Waals surface area contributed by atoms with Gasteiger partial charge in [0.05, 0.1) is 24.7 Å². The summed E-state index contributed by atoms with van der Waals surface area (Å²) in [5.74, 6) is 0.103. The van der Waals surface area contributed by atoms with E-state index in [2.05, 4.69) is 10.3 Å². The number of methoxy groups -OCH3 is 1. The van der Waals surface area contributed by atoms with Gasteiger partial charge in [-0.25, -0.2) is 0 Å². The number of fused-ring (bicyclic) bond motifs is 1. The molecule has 1 aromatic heterocycles. The van der Waals surface area contributed by atoms with Gasteiger partial charge in [-0.15, -0.1) is 0 Å². The number of ether oxygens (including phenoxy) is 1. The Morgan fingerprint density at radius 3 is 2.69 bits per heavy atom. The number of aromatic nitrogens is 1. The summed E-state index contributed by atoms with van der Waals surface area (Å²) in [5, 5.41) is 3.64. The van der Waals surface area contributed by atoms with Gasteiger partial charge in [-0.3, -0.25) is 14.6 Å². The average Bonchev–Trinajstić information content (AvgIpc) is 2.67. The lowest BCUT2D eigenvalue weighted by atomic mass is 10.1. The molecule has 6 nitrogen and oxygen atoms in total. The van der Waals surface area contributed by atoms with Crippen molar-refractivity contribution < 1.29 is 14.3 Å². The summed E-state index contributed by atoms with van der Waals surface area (Å²) in [6.45, 7) is -0.0702. The first-order valence-corrected chi connectivity index (χ1v) is 8.11. The number of anilines is 1. The average molecular weight is 349 g/mol. The third-order valence-corrected chi connectivity index (χ3v) is 3.94. The molecule has 0 unspecified atom stereocenters. The van der Waals surface area contributed by atoms with E-state index in [4.69, 9.17) is 4.74 Å². The highest BCUT2D eigenvalue weighted by atomic mass is 16.5. The lowest BCUT2D eigenvalue weighted by Crippen LogP contribution is -2.35. The molecule has 0 radical (unpaired) electrons. The van der Waals surface area contributed by atoms with Gasteiger partial charge >= 0.3 is 0 Å². The normalized spacial score (nSPS) is 10.4. The third-order valence-electron chi connectivity index (χ3n) is 3.94. The zero-order chi connectivity index (χ0) is 18.5. The Bertz CT molecular complexity index is 950. The highest BCUT2D eigenvalue weighted by Crippen LogP contribution is 2.18. The molecule has 0 bridgehead atoms. The van der Waals surface area contributed by atoms with Crippen LogP contribution in [-0.4, -0.2) is 42.4 Å². The van der Waals surface area contributed by atoms with Crippen molar-refractivity contribution in [2.75, 3.05) is 26.0 Å². The molecule has 0 aliphatic rings. The van der Waals surface area contributed by atoms with Crippen molar-refractivity contribution in [2.45, 2.75) is 0 Å². The Balaban J connectivity index is 1.71. The zero-order valence-corrected chi connectivity index (χ0v) is 14.6. The van der Waals surface area contributed by atoms with Crippen molar-refractivity contribution in [1.29, 1.82) is 0 Å². The van der Waals surface area contributed by atoms with E-state index in [1.807, 2.05) is 18.2 Å². The summed E-state index contributed by atoms with van der Waals surface area (Å²) in [5.41, 5.74) is 1.71. The van der Waals surface area contributed by atoms with Crippen LogP contribution in [0.25, 0.3) is 10.9 Å². The first kappa shape index (κ1) is 17.4. The molecule has 0 fully saturated rings. The SMILES string of the molecule is COc1cccc(NC(=O)CN(C)C(=O)c2cccc3cccnc23)c1. The number of likely N-dealkylation sites (N-methyl/N-ethyl adjacent to an activating group) is 1. The van der Waals surface area contributed by atoms with Crippen molar-refractivity contribution in [1.82, 2.24) is 9.88 Å². The number of nitrogens with zero attached hydrogens (tertiary/aromatic N) is 2. The summed E-state index contributed by atoms with van der Waals surface area (Å²) >= 11 is 0. The topological polar surface area (TPSA) is 71.5 Å². The molecule has 0 saturated heterocycles. The Hall–Kier alpha value is -3.41. The second-order valence-electron chi connectivity index (χ2n) is 5.82. The lowest BCUT2D eigenvalue weighted by molar-refractivity contribution is -0.116. The molecule has 0 atom stereocenters.